The van der Waals surface area contributed by atoms with E-state index in [4.69, 9.17) is 44.5 Å². The van der Waals surface area contributed by atoms with Gasteiger partial charge in [0.1, 0.15) is 5.75 Å². The van der Waals surface area contributed by atoms with Crippen LogP contribution in [-0.4, -0.2) is 12.7 Å². The molecule has 0 bridgehead atoms. The summed E-state index contributed by atoms with van der Waals surface area (Å²) in [4.78, 5) is 0. The van der Waals surface area contributed by atoms with Gasteiger partial charge in [-0.1, -0.05) is 281 Å². The summed E-state index contributed by atoms with van der Waals surface area (Å²) in [5, 5.41) is 14.9. The Bertz CT molecular complexity index is 4460. The highest BCUT2D eigenvalue weighted by molar-refractivity contribution is 6.36. The lowest BCUT2D eigenvalue weighted by atomic mass is 9.55. The smallest absolute Gasteiger partial charge is 0.537 e. The van der Waals surface area contributed by atoms with Crippen LogP contribution in [0.4, 0.5) is 0 Å². The first-order valence-electron chi connectivity index (χ1n) is 27.9. The molecule has 4 aliphatic carbocycles. The van der Waals surface area contributed by atoms with Crippen molar-refractivity contribution in [2.75, 3.05) is 0 Å². The number of rotatable bonds is 3. The van der Waals surface area contributed by atoms with Crippen molar-refractivity contribution in [3.63, 3.8) is 0 Å². The summed E-state index contributed by atoms with van der Waals surface area (Å²) in [5.41, 5.74) is 23.3. The van der Waals surface area contributed by atoms with E-state index in [2.05, 4.69) is 234 Å². The van der Waals surface area contributed by atoms with Crippen molar-refractivity contribution in [3.05, 3.63) is 337 Å². The van der Waals surface area contributed by atoms with Gasteiger partial charge in [-0.25, -0.2) is 0 Å². The van der Waals surface area contributed by atoms with E-state index in [1.54, 1.807) is 12.1 Å². The molecule has 12 aromatic rings. The average Bonchev–Trinajstić information content (AvgIpc) is 1.89. The molecular formula is C76H55BCl3O2. The molecule has 0 fully saturated rings. The Kier molecular flexibility index (Phi) is 12.5. The predicted octanol–water partition coefficient (Wildman–Crippen LogP) is 19.9. The molecule has 0 saturated heterocycles. The van der Waals surface area contributed by atoms with Crippen molar-refractivity contribution >= 4 is 64.0 Å². The van der Waals surface area contributed by atoms with Gasteiger partial charge in [0.05, 0.1) is 10.8 Å². The molecule has 0 unspecified atom stereocenters. The van der Waals surface area contributed by atoms with Gasteiger partial charge in [-0.05, 0) is 142 Å². The Morgan fingerprint density at radius 1 is 0.305 bits per heavy atom. The van der Waals surface area contributed by atoms with E-state index in [1.165, 1.54) is 106 Å². The first-order valence-corrected chi connectivity index (χ1v) is 29.1. The van der Waals surface area contributed by atoms with E-state index < -0.39 is 0 Å². The number of hydrogen-bond donors (Lipinski definition) is 1. The lowest BCUT2D eigenvalue weighted by molar-refractivity contribution is 0.456. The number of benzene rings is 12. The molecule has 4 aliphatic rings. The quantitative estimate of drug-likeness (QED) is 0.179. The summed E-state index contributed by atoms with van der Waals surface area (Å²) in [6.07, 6.45) is 0. The molecule has 1 radical (unpaired) electrons. The average molecular weight is 1120 g/mol. The number of fused-ring (bicyclic) bond motifs is 20. The molecular weight excluding hydrogens is 1060 g/mol. The standard InChI is InChI=1S/C38H27Cl.C28H21Cl.C10H7BClO2/c1-37(2)31-15-7-9-17-33(31)38(34-18-10-8-16-32(34)37)30-14-6-5-12-27(30)28-20-19-24(23-35(28)38)25-21-22-36(39)29-13-4-3-11-26(25)29;1-27(2)22-11-5-7-13-24(22)28(25-14-8-6-12-23(25)27)21-10-4-3-9-19(21)20-16-15-18(29)17-26(20)28;12-9-5-6-10(14-11-13)8-4-2-1-3-7(8)9/h3-23H,1-2H3;3-17H,1-2H3;1-6,13H. The van der Waals surface area contributed by atoms with Crippen LogP contribution in [0.25, 0.3) is 54.9 Å². The third-order valence-electron chi connectivity index (χ3n) is 18.3. The lowest BCUT2D eigenvalue weighted by Gasteiger charge is -2.46. The minimum absolute atomic E-state index is 0.0608. The van der Waals surface area contributed by atoms with Crippen molar-refractivity contribution in [3.8, 4) is 39.1 Å². The lowest BCUT2D eigenvalue weighted by Crippen LogP contribution is -2.40. The second-order valence-corrected chi connectivity index (χ2v) is 24.2. The molecule has 395 valence electrons. The van der Waals surface area contributed by atoms with Crippen LogP contribution in [0.5, 0.6) is 5.75 Å². The number of halogens is 3. The molecule has 2 spiro atoms. The number of hydrogen-bond acceptors (Lipinski definition) is 2. The zero-order valence-corrected chi connectivity index (χ0v) is 48.1. The highest BCUT2D eigenvalue weighted by atomic mass is 35.5. The highest BCUT2D eigenvalue weighted by Gasteiger charge is 2.55. The van der Waals surface area contributed by atoms with Gasteiger partial charge in [0.2, 0.25) is 0 Å². The van der Waals surface area contributed by atoms with E-state index in [0.29, 0.717) is 18.5 Å². The summed E-state index contributed by atoms with van der Waals surface area (Å²) in [6.45, 7) is 9.43. The summed E-state index contributed by atoms with van der Waals surface area (Å²) in [5.74, 6) is 0.590. The van der Waals surface area contributed by atoms with Gasteiger partial charge >= 0.3 is 7.69 Å². The van der Waals surface area contributed by atoms with Crippen LogP contribution in [0.1, 0.15) is 94.5 Å². The summed E-state index contributed by atoms with van der Waals surface area (Å²) < 4.78 is 4.95. The topological polar surface area (TPSA) is 29.5 Å². The normalized spacial score (nSPS) is 15.0. The third kappa shape index (κ3) is 7.53. The highest BCUT2D eigenvalue weighted by Crippen LogP contribution is 2.64. The molecule has 1 N–H and O–H groups in total. The maximum absolute atomic E-state index is 8.57. The maximum atomic E-state index is 8.57. The van der Waals surface area contributed by atoms with Crippen LogP contribution < -0.4 is 4.65 Å². The Balaban J connectivity index is 0.000000122. The minimum Gasteiger partial charge on any atom is -0.537 e. The minimum atomic E-state index is -0.382. The Hall–Kier alpha value is -8.15. The van der Waals surface area contributed by atoms with Gasteiger partial charge < -0.3 is 9.68 Å². The van der Waals surface area contributed by atoms with Crippen LogP contribution in [0.2, 0.25) is 15.1 Å². The molecule has 0 amide bonds. The second-order valence-electron chi connectivity index (χ2n) is 22.9. The van der Waals surface area contributed by atoms with Crippen molar-refractivity contribution in [1.29, 1.82) is 0 Å². The van der Waals surface area contributed by atoms with Gasteiger partial charge in [-0.3, -0.25) is 0 Å². The van der Waals surface area contributed by atoms with Gasteiger partial charge in [-0.15, -0.1) is 0 Å². The van der Waals surface area contributed by atoms with E-state index in [-0.39, 0.29) is 21.7 Å². The fraction of sp³-hybridized carbons (Fsp3) is 0.105. The van der Waals surface area contributed by atoms with Crippen LogP contribution >= 0.6 is 34.8 Å². The van der Waals surface area contributed by atoms with Gasteiger partial charge in [0.25, 0.3) is 0 Å². The maximum Gasteiger partial charge on any atom is 0.569 e. The van der Waals surface area contributed by atoms with E-state index in [9.17, 15) is 0 Å². The van der Waals surface area contributed by atoms with Crippen LogP contribution in [0, 0.1) is 0 Å². The molecule has 0 heterocycles. The van der Waals surface area contributed by atoms with Gasteiger partial charge in [-0.2, -0.15) is 0 Å². The molecule has 0 aliphatic heterocycles. The zero-order chi connectivity index (χ0) is 56.1. The molecule has 0 saturated carbocycles. The first kappa shape index (κ1) is 52.0. The zero-order valence-electron chi connectivity index (χ0n) is 45.8. The fourth-order valence-electron chi connectivity index (χ4n) is 14.8. The summed E-state index contributed by atoms with van der Waals surface area (Å²) in [6, 6.07) is 91.2. The van der Waals surface area contributed by atoms with Crippen LogP contribution in [-0.2, 0) is 21.7 Å². The Labute approximate surface area is 495 Å². The molecule has 0 aromatic heterocycles. The van der Waals surface area contributed by atoms with Crippen molar-refractivity contribution in [2.45, 2.75) is 49.4 Å². The molecule has 16 rings (SSSR count). The molecule has 82 heavy (non-hydrogen) atoms. The predicted molar refractivity (Wildman–Crippen MR) is 342 cm³/mol. The van der Waals surface area contributed by atoms with Crippen LogP contribution in [0.3, 0.4) is 0 Å². The van der Waals surface area contributed by atoms with E-state index in [0.717, 1.165) is 26.2 Å². The van der Waals surface area contributed by atoms with Crippen LogP contribution in [0.15, 0.2) is 255 Å². The van der Waals surface area contributed by atoms with Gasteiger partial charge in [0, 0.05) is 42.1 Å². The first-order chi connectivity index (χ1) is 39.9. The van der Waals surface area contributed by atoms with Crippen molar-refractivity contribution in [1.82, 2.24) is 0 Å². The SMILES string of the molecule is CC1(C)c2ccccc2C2(c3ccccc3-c3ccc(-c4ccc(Cl)c5ccccc45)cc32)c2ccccc21.CC1(C)c2ccccc2C2(c3ccccc3-c3ccc(Cl)cc32)c2ccccc21.O[B]Oc1ccc(Cl)c2ccccc12. The molecule has 6 heteroatoms. The van der Waals surface area contributed by atoms with Crippen molar-refractivity contribution < 1.29 is 9.68 Å². The molecule has 0 atom stereocenters. The third-order valence-corrected chi connectivity index (χ3v) is 19.2. The van der Waals surface area contributed by atoms with Crippen molar-refractivity contribution in [2.24, 2.45) is 0 Å². The van der Waals surface area contributed by atoms with E-state index >= 15 is 0 Å². The monoisotopic (exact) mass is 1120 g/mol. The fourth-order valence-corrected chi connectivity index (χ4v) is 15.4. The molecule has 2 nitrogen and oxygen atoms in total. The second kappa shape index (κ2) is 19.8. The summed E-state index contributed by atoms with van der Waals surface area (Å²) >= 11 is 19.2. The summed E-state index contributed by atoms with van der Waals surface area (Å²) in [7, 11) is 0.662. The Morgan fingerprint density at radius 3 is 1.12 bits per heavy atom. The molecule has 12 aromatic carbocycles. The Morgan fingerprint density at radius 2 is 0.646 bits per heavy atom. The van der Waals surface area contributed by atoms with E-state index in [1.807, 2.05) is 36.4 Å². The van der Waals surface area contributed by atoms with Gasteiger partial charge in [0.15, 0.2) is 0 Å². The largest absolute Gasteiger partial charge is 0.569 e.